The molecule has 0 radical (unpaired) electrons. The van der Waals surface area contributed by atoms with Crippen LogP contribution < -0.4 is 5.32 Å². The number of aryl methyl sites for hydroxylation is 1. The van der Waals surface area contributed by atoms with Crippen LogP contribution in [0.2, 0.25) is 0 Å². The van der Waals surface area contributed by atoms with Gasteiger partial charge < -0.3 is 5.32 Å². The minimum Gasteiger partial charge on any atom is -0.368 e. The normalized spacial score (nSPS) is 11.6. The molecule has 0 aromatic carbocycles. The molecule has 3 nitrogen and oxygen atoms in total. The first-order valence-corrected chi connectivity index (χ1v) is 6.10. The molecule has 4 heteroatoms. The van der Waals surface area contributed by atoms with E-state index in [-0.39, 0.29) is 11.2 Å². The van der Waals surface area contributed by atoms with E-state index in [1.165, 1.54) is 0 Å². The van der Waals surface area contributed by atoms with Crippen LogP contribution in [0.25, 0.3) is 0 Å². The van der Waals surface area contributed by atoms with E-state index >= 15 is 0 Å². The first kappa shape index (κ1) is 13.9. The molecule has 0 saturated carbocycles. The summed E-state index contributed by atoms with van der Waals surface area (Å²) in [6, 6.07) is 0. The van der Waals surface area contributed by atoms with Crippen LogP contribution in [0.5, 0.6) is 0 Å². The second-order valence-corrected chi connectivity index (χ2v) is 5.55. The number of nitrogens with one attached hydrogen (secondary N) is 1. The van der Waals surface area contributed by atoms with Crippen LogP contribution in [0.15, 0.2) is 0 Å². The summed E-state index contributed by atoms with van der Waals surface area (Å²) in [5.41, 5.74) is 0.518. The van der Waals surface area contributed by atoms with Gasteiger partial charge in [0.25, 0.3) is 0 Å². The highest BCUT2D eigenvalue weighted by atomic mass is 19.1. The van der Waals surface area contributed by atoms with Gasteiger partial charge in [-0.2, -0.15) is 0 Å². The molecule has 1 N–H and O–H groups in total. The first-order valence-electron chi connectivity index (χ1n) is 6.10. The van der Waals surface area contributed by atoms with Crippen molar-refractivity contribution in [1.82, 2.24) is 9.97 Å². The van der Waals surface area contributed by atoms with Crippen LogP contribution in [0, 0.1) is 18.2 Å². The van der Waals surface area contributed by atoms with E-state index in [0.29, 0.717) is 17.3 Å². The van der Waals surface area contributed by atoms with E-state index in [9.17, 15) is 4.39 Å². The van der Waals surface area contributed by atoms with Gasteiger partial charge in [-0.05, 0) is 18.8 Å². The maximum atomic E-state index is 13.8. The van der Waals surface area contributed by atoms with Crippen LogP contribution in [0.1, 0.15) is 45.6 Å². The van der Waals surface area contributed by atoms with E-state index in [1.54, 1.807) is 6.92 Å². The van der Waals surface area contributed by atoms with Gasteiger partial charge in [-0.1, -0.05) is 27.7 Å². The number of rotatable bonds is 4. The highest BCUT2D eigenvalue weighted by Crippen LogP contribution is 2.21. The van der Waals surface area contributed by atoms with Gasteiger partial charge in [-0.15, -0.1) is 0 Å². The summed E-state index contributed by atoms with van der Waals surface area (Å²) < 4.78 is 13.8. The molecular formula is C13H22FN3. The number of anilines is 1. The van der Waals surface area contributed by atoms with Gasteiger partial charge in [0, 0.05) is 13.0 Å². The van der Waals surface area contributed by atoms with Gasteiger partial charge >= 0.3 is 0 Å². The molecule has 0 aliphatic heterocycles. The molecule has 0 aliphatic carbocycles. The zero-order chi connectivity index (χ0) is 13.1. The van der Waals surface area contributed by atoms with Crippen LogP contribution in [0.3, 0.4) is 0 Å². The van der Waals surface area contributed by atoms with E-state index in [2.05, 4.69) is 36.1 Å². The van der Waals surface area contributed by atoms with Crippen molar-refractivity contribution in [3.63, 3.8) is 0 Å². The topological polar surface area (TPSA) is 37.8 Å². The molecule has 96 valence electrons. The number of halogens is 1. The second kappa shape index (κ2) is 5.43. The monoisotopic (exact) mass is 239 g/mol. The minimum atomic E-state index is -0.337. The van der Waals surface area contributed by atoms with Gasteiger partial charge in [0.15, 0.2) is 11.6 Å². The van der Waals surface area contributed by atoms with Gasteiger partial charge in [0.05, 0.1) is 5.69 Å². The number of hydrogen-bond donors (Lipinski definition) is 1. The fourth-order valence-electron chi connectivity index (χ4n) is 1.53. The third-order valence-corrected chi connectivity index (χ3v) is 2.29. The summed E-state index contributed by atoms with van der Waals surface area (Å²) in [6.07, 6.45) is 1.69. The van der Waals surface area contributed by atoms with E-state index < -0.39 is 0 Å². The van der Waals surface area contributed by atoms with Gasteiger partial charge in [0.1, 0.15) is 5.82 Å². The molecule has 17 heavy (non-hydrogen) atoms. The van der Waals surface area contributed by atoms with Gasteiger partial charge in [-0.25, -0.2) is 14.4 Å². The van der Waals surface area contributed by atoms with Crippen molar-refractivity contribution in [2.75, 3.05) is 11.9 Å². The average Bonchev–Trinajstić information content (AvgIpc) is 2.18. The summed E-state index contributed by atoms with van der Waals surface area (Å²) in [4.78, 5) is 8.46. The zero-order valence-corrected chi connectivity index (χ0v) is 11.4. The van der Waals surface area contributed by atoms with E-state index in [4.69, 9.17) is 0 Å². The minimum absolute atomic E-state index is 0.103. The molecule has 0 atom stereocenters. The summed E-state index contributed by atoms with van der Waals surface area (Å²) >= 11 is 0. The van der Waals surface area contributed by atoms with Crippen molar-refractivity contribution in [2.24, 2.45) is 5.41 Å². The predicted octanol–water partition coefficient (Wildman–Crippen LogP) is 3.33. The van der Waals surface area contributed by atoms with Gasteiger partial charge in [0.2, 0.25) is 0 Å². The summed E-state index contributed by atoms with van der Waals surface area (Å²) in [5, 5.41) is 3.00. The van der Waals surface area contributed by atoms with Crippen LogP contribution in [-0.2, 0) is 6.42 Å². The van der Waals surface area contributed by atoms with E-state index in [0.717, 1.165) is 19.4 Å². The van der Waals surface area contributed by atoms with Gasteiger partial charge in [-0.3, -0.25) is 0 Å². The van der Waals surface area contributed by atoms with Crippen molar-refractivity contribution in [1.29, 1.82) is 0 Å². The quantitative estimate of drug-likeness (QED) is 0.875. The Hall–Kier alpha value is -1.19. The Labute approximate surface area is 103 Å². The fourth-order valence-corrected chi connectivity index (χ4v) is 1.53. The Morgan fingerprint density at radius 1 is 1.24 bits per heavy atom. The molecule has 0 fully saturated rings. The largest absolute Gasteiger partial charge is 0.368 e. The Bertz CT molecular complexity index is 383. The lowest BCUT2D eigenvalue weighted by Gasteiger charge is -2.18. The number of aromatic nitrogens is 2. The molecule has 0 amide bonds. The number of hydrogen-bond acceptors (Lipinski definition) is 3. The molecule has 1 rings (SSSR count). The summed E-state index contributed by atoms with van der Waals surface area (Å²) in [5.74, 6) is 0.699. The standard InChI is InChI=1S/C13H22FN3/c1-6-7-15-12-11(14)9(2)16-10(17-12)8-13(3,4)5/h6-8H2,1-5H3,(H,15,16,17). The smallest absolute Gasteiger partial charge is 0.186 e. The van der Waals surface area contributed by atoms with Crippen molar-refractivity contribution >= 4 is 5.82 Å². The highest BCUT2D eigenvalue weighted by molar-refractivity contribution is 5.38. The lowest BCUT2D eigenvalue weighted by Crippen LogP contribution is -2.15. The summed E-state index contributed by atoms with van der Waals surface area (Å²) in [7, 11) is 0. The molecule has 1 heterocycles. The van der Waals surface area contributed by atoms with Crippen molar-refractivity contribution in [3.05, 3.63) is 17.3 Å². The Morgan fingerprint density at radius 2 is 1.88 bits per heavy atom. The summed E-state index contributed by atoms with van der Waals surface area (Å²) in [6.45, 7) is 10.8. The lowest BCUT2D eigenvalue weighted by molar-refractivity contribution is 0.399. The molecular weight excluding hydrogens is 217 g/mol. The van der Waals surface area contributed by atoms with Crippen LogP contribution in [-0.4, -0.2) is 16.5 Å². The lowest BCUT2D eigenvalue weighted by atomic mass is 9.92. The molecule has 0 spiro atoms. The molecule has 1 aromatic heterocycles. The zero-order valence-electron chi connectivity index (χ0n) is 11.4. The van der Waals surface area contributed by atoms with Crippen molar-refractivity contribution < 1.29 is 4.39 Å². The average molecular weight is 239 g/mol. The molecule has 0 saturated heterocycles. The number of nitrogens with zero attached hydrogens (tertiary/aromatic N) is 2. The van der Waals surface area contributed by atoms with Crippen LogP contribution >= 0.6 is 0 Å². The third-order valence-electron chi connectivity index (χ3n) is 2.29. The molecule has 0 unspecified atom stereocenters. The fraction of sp³-hybridized carbons (Fsp3) is 0.692. The molecule has 0 bridgehead atoms. The first-order chi connectivity index (χ1) is 7.83. The third kappa shape index (κ3) is 4.29. The van der Waals surface area contributed by atoms with Crippen molar-refractivity contribution in [3.8, 4) is 0 Å². The predicted molar refractivity (Wildman–Crippen MR) is 68.7 cm³/mol. The highest BCUT2D eigenvalue weighted by Gasteiger charge is 2.17. The Balaban J connectivity index is 2.97. The maximum Gasteiger partial charge on any atom is 0.186 e. The molecule has 1 aromatic rings. The second-order valence-electron chi connectivity index (χ2n) is 5.55. The Morgan fingerprint density at radius 3 is 2.41 bits per heavy atom. The molecule has 0 aliphatic rings. The van der Waals surface area contributed by atoms with E-state index in [1.807, 2.05) is 6.92 Å². The van der Waals surface area contributed by atoms with Crippen molar-refractivity contribution in [2.45, 2.75) is 47.5 Å². The van der Waals surface area contributed by atoms with Crippen LogP contribution in [0.4, 0.5) is 10.2 Å². The maximum absolute atomic E-state index is 13.8. The SMILES string of the molecule is CCCNc1nc(CC(C)(C)C)nc(C)c1F. The Kier molecular flexibility index (Phi) is 4.43.